The zero-order chi connectivity index (χ0) is 10.1. The minimum Gasteiger partial charge on any atom is -0.396 e. The molecule has 14 heavy (non-hydrogen) atoms. The average molecular weight is 218 g/mol. The van der Waals surface area contributed by atoms with Crippen molar-refractivity contribution < 1.29 is 9.84 Å². The van der Waals surface area contributed by atoms with Gasteiger partial charge in [-0.05, 0) is 31.4 Å². The maximum atomic E-state index is 8.61. The molecule has 0 unspecified atom stereocenters. The minimum atomic E-state index is 0.354. The van der Waals surface area contributed by atoms with Gasteiger partial charge in [-0.3, -0.25) is 0 Å². The number of rotatable bonds is 7. The highest BCUT2D eigenvalue weighted by atomic mass is 32.2. The van der Waals surface area contributed by atoms with E-state index >= 15 is 0 Å². The lowest BCUT2D eigenvalue weighted by atomic mass is 10.2. The fourth-order valence-corrected chi connectivity index (χ4v) is 2.89. The Hall–Kier alpha value is 0.270. The Morgan fingerprint density at radius 2 is 1.79 bits per heavy atom. The molecule has 1 heterocycles. The number of hydrogen-bond donors (Lipinski definition) is 1. The zero-order valence-corrected chi connectivity index (χ0v) is 9.73. The Morgan fingerprint density at radius 1 is 1.07 bits per heavy atom. The fraction of sp³-hybridized carbons (Fsp3) is 1.00. The van der Waals surface area contributed by atoms with Gasteiger partial charge in [-0.25, -0.2) is 0 Å². The molecular weight excluding hydrogens is 196 g/mol. The van der Waals surface area contributed by atoms with Gasteiger partial charge in [-0.15, -0.1) is 0 Å². The fourth-order valence-electron chi connectivity index (χ4n) is 1.66. The molecule has 0 aromatic carbocycles. The topological polar surface area (TPSA) is 29.5 Å². The van der Waals surface area contributed by atoms with Crippen LogP contribution < -0.4 is 0 Å². The summed E-state index contributed by atoms with van der Waals surface area (Å²) in [4.78, 5) is 0. The third-order valence-corrected chi connectivity index (χ3v) is 4.04. The van der Waals surface area contributed by atoms with Crippen LogP contribution in [0.4, 0.5) is 0 Å². The van der Waals surface area contributed by atoms with Gasteiger partial charge in [0.05, 0.1) is 0 Å². The lowest BCUT2D eigenvalue weighted by molar-refractivity contribution is 0.100. The molecule has 3 heteroatoms. The second kappa shape index (κ2) is 8.57. The maximum Gasteiger partial charge on any atom is 0.0476 e. The number of aliphatic hydroxyl groups is 1. The van der Waals surface area contributed by atoms with Crippen molar-refractivity contribution in [3.8, 4) is 0 Å². The highest BCUT2D eigenvalue weighted by Gasteiger charge is 2.13. The normalized spacial score (nSPS) is 18.6. The van der Waals surface area contributed by atoms with Crippen LogP contribution in [0.3, 0.4) is 0 Å². The van der Waals surface area contributed by atoms with E-state index in [0.717, 1.165) is 24.9 Å². The van der Waals surface area contributed by atoms with E-state index < -0.39 is 0 Å². The lowest BCUT2D eigenvalue weighted by Crippen LogP contribution is -2.17. The summed E-state index contributed by atoms with van der Waals surface area (Å²) in [6.45, 7) is 2.28. The first kappa shape index (κ1) is 12.3. The molecule has 0 saturated carbocycles. The SMILES string of the molecule is OCCCCCCSC1CCOCC1. The predicted octanol–water partition coefficient (Wildman–Crippen LogP) is 2.45. The number of ether oxygens (including phenoxy) is 1. The molecule has 1 fully saturated rings. The summed E-state index contributed by atoms with van der Waals surface area (Å²) in [5, 5.41) is 9.46. The smallest absolute Gasteiger partial charge is 0.0476 e. The van der Waals surface area contributed by atoms with Crippen LogP contribution >= 0.6 is 11.8 Å². The molecule has 84 valence electrons. The van der Waals surface area contributed by atoms with Crippen LogP contribution in [0.25, 0.3) is 0 Å². The number of unbranched alkanes of at least 4 members (excludes halogenated alkanes) is 3. The van der Waals surface area contributed by atoms with E-state index in [1.54, 1.807) is 0 Å². The molecule has 0 radical (unpaired) electrons. The van der Waals surface area contributed by atoms with Crippen molar-refractivity contribution >= 4 is 11.8 Å². The van der Waals surface area contributed by atoms with Crippen LogP contribution in [0.15, 0.2) is 0 Å². The van der Waals surface area contributed by atoms with Crippen LogP contribution in [0.1, 0.15) is 38.5 Å². The van der Waals surface area contributed by atoms with Gasteiger partial charge in [0.2, 0.25) is 0 Å². The summed E-state index contributed by atoms with van der Waals surface area (Å²) in [7, 11) is 0. The highest BCUT2D eigenvalue weighted by Crippen LogP contribution is 2.23. The Kier molecular flexibility index (Phi) is 7.55. The predicted molar refractivity (Wildman–Crippen MR) is 61.9 cm³/mol. The van der Waals surface area contributed by atoms with Gasteiger partial charge in [0.15, 0.2) is 0 Å². The molecule has 0 bridgehead atoms. The van der Waals surface area contributed by atoms with Crippen LogP contribution in [-0.2, 0) is 4.74 Å². The molecule has 2 nitrogen and oxygen atoms in total. The third kappa shape index (κ3) is 5.89. The summed E-state index contributed by atoms with van der Waals surface area (Å²) in [5.41, 5.74) is 0. The van der Waals surface area contributed by atoms with Crippen molar-refractivity contribution in [2.75, 3.05) is 25.6 Å². The van der Waals surface area contributed by atoms with Crippen LogP contribution in [0.2, 0.25) is 0 Å². The first-order valence-corrected chi connectivity index (χ1v) is 6.78. The van der Waals surface area contributed by atoms with Crippen LogP contribution in [0, 0.1) is 0 Å². The lowest BCUT2D eigenvalue weighted by Gasteiger charge is -2.21. The van der Waals surface area contributed by atoms with E-state index in [9.17, 15) is 0 Å². The van der Waals surface area contributed by atoms with Crippen molar-refractivity contribution in [2.45, 2.75) is 43.8 Å². The minimum absolute atomic E-state index is 0.354. The molecule has 1 aliphatic rings. The van der Waals surface area contributed by atoms with Crippen LogP contribution in [-0.4, -0.2) is 35.9 Å². The molecule has 1 aliphatic heterocycles. The second-order valence-electron chi connectivity index (χ2n) is 3.82. The standard InChI is InChI=1S/C11H22O2S/c12-7-3-1-2-4-10-14-11-5-8-13-9-6-11/h11-12H,1-10H2. The summed E-state index contributed by atoms with van der Waals surface area (Å²) in [5.74, 6) is 1.29. The second-order valence-corrected chi connectivity index (χ2v) is 5.23. The van der Waals surface area contributed by atoms with Gasteiger partial charge in [-0.2, -0.15) is 11.8 Å². The summed E-state index contributed by atoms with van der Waals surface area (Å²) in [6, 6.07) is 0. The molecule has 1 N–H and O–H groups in total. The monoisotopic (exact) mass is 218 g/mol. The Labute approximate surface area is 91.4 Å². The molecule has 0 amide bonds. The molecule has 0 aromatic heterocycles. The molecule has 0 aliphatic carbocycles. The van der Waals surface area contributed by atoms with Gasteiger partial charge in [0.25, 0.3) is 0 Å². The van der Waals surface area contributed by atoms with E-state index in [0.29, 0.717) is 6.61 Å². The largest absolute Gasteiger partial charge is 0.396 e. The van der Waals surface area contributed by atoms with Gasteiger partial charge < -0.3 is 9.84 Å². The molecule has 0 atom stereocenters. The van der Waals surface area contributed by atoms with Crippen molar-refractivity contribution in [3.63, 3.8) is 0 Å². The highest BCUT2D eigenvalue weighted by molar-refractivity contribution is 7.99. The van der Waals surface area contributed by atoms with E-state index in [4.69, 9.17) is 9.84 Å². The van der Waals surface area contributed by atoms with E-state index in [2.05, 4.69) is 11.8 Å². The molecular formula is C11H22O2S. The third-order valence-electron chi connectivity index (χ3n) is 2.57. The molecule has 1 rings (SSSR count). The molecule has 0 spiro atoms. The van der Waals surface area contributed by atoms with Gasteiger partial charge in [0.1, 0.15) is 0 Å². The summed E-state index contributed by atoms with van der Waals surface area (Å²) < 4.78 is 5.32. The Morgan fingerprint density at radius 3 is 2.50 bits per heavy atom. The first-order chi connectivity index (χ1) is 6.93. The summed E-state index contributed by atoms with van der Waals surface area (Å²) >= 11 is 2.11. The number of aliphatic hydroxyl groups excluding tert-OH is 1. The summed E-state index contributed by atoms with van der Waals surface area (Å²) in [6.07, 6.45) is 7.22. The Balaban J connectivity index is 1.82. The number of thioether (sulfide) groups is 1. The van der Waals surface area contributed by atoms with E-state index in [1.165, 1.54) is 37.9 Å². The maximum absolute atomic E-state index is 8.61. The Bertz CT molecular complexity index is 124. The van der Waals surface area contributed by atoms with Crippen molar-refractivity contribution in [1.82, 2.24) is 0 Å². The van der Waals surface area contributed by atoms with E-state index in [-0.39, 0.29) is 0 Å². The number of hydrogen-bond acceptors (Lipinski definition) is 3. The first-order valence-electron chi connectivity index (χ1n) is 5.73. The van der Waals surface area contributed by atoms with Gasteiger partial charge >= 0.3 is 0 Å². The van der Waals surface area contributed by atoms with Crippen LogP contribution in [0.5, 0.6) is 0 Å². The van der Waals surface area contributed by atoms with Crippen molar-refractivity contribution in [2.24, 2.45) is 0 Å². The molecule has 1 saturated heterocycles. The van der Waals surface area contributed by atoms with Gasteiger partial charge in [0, 0.05) is 25.1 Å². The average Bonchev–Trinajstić information content (AvgIpc) is 2.25. The quantitative estimate of drug-likeness (QED) is 0.666. The zero-order valence-electron chi connectivity index (χ0n) is 8.91. The van der Waals surface area contributed by atoms with E-state index in [1.807, 2.05) is 0 Å². The van der Waals surface area contributed by atoms with Gasteiger partial charge in [-0.1, -0.05) is 12.8 Å². The molecule has 0 aromatic rings. The van der Waals surface area contributed by atoms with Crippen molar-refractivity contribution in [3.05, 3.63) is 0 Å². The van der Waals surface area contributed by atoms with Crippen molar-refractivity contribution in [1.29, 1.82) is 0 Å².